The molecule has 1 saturated heterocycles. The zero-order chi connectivity index (χ0) is 23.3. The molecule has 0 N–H and O–H groups in total. The molecule has 0 saturated carbocycles. The summed E-state index contributed by atoms with van der Waals surface area (Å²) in [6.45, 7) is 4.80. The first-order valence-corrected chi connectivity index (χ1v) is 11.4. The molecule has 4 heterocycles. The lowest BCUT2D eigenvalue weighted by atomic mass is 10.1. The number of carbonyl (C=O) groups excluding carboxylic acids is 1. The van der Waals surface area contributed by atoms with Gasteiger partial charge in [-0.25, -0.2) is 4.98 Å². The molecule has 2 aliphatic rings. The van der Waals surface area contributed by atoms with Crippen LogP contribution in [0.25, 0.3) is 16.5 Å². The summed E-state index contributed by atoms with van der Waals surface area (Å²) in [5, 5.41) is 1.07. The summed E-state index contributed by atoms with van der Waals surface area (Å²) in [6, 6.07) is 11.9. The number of hydrogen-bond acceptors (Lipinski definition) is 7. The third-order valence-electron chi connectivity index (χ3n) is 6.08. The third kappa shape index (κ3) is 5.13. The first kappa shape index (κ1) is 22.2. The number of amides is 1. The fourth-order valence-corrected chi connectivity index (χ4v) is 4.21. The van der Waals surface area contributed by atoms with Crippen molar-refractivity contribution < 1.29 is 14.3 Å². The van der Waals surface area contributed by atoms with E-state index in [2.05, 4.69) is 25.9 Å². The van der Waals surface area contributed by atoms with Gasteiger partial charge in [-0.2, -0.15) is 0 Å². The van der Waals surface area contributed by atoms with Crippen LogP contribution in [0.15, 0.2) is 59.9 Å². The molecule has 0 unspecified atom stereocenters. The Hall–Kier alpha value is -3.62. The minimum atomic E-state index is 0.0551. The molecule has 0 radical (unpaired) electrons. The minimum Gasteiger partial charge on any atom is -0.439 e. The van der Waals surface area contributed by atoms with Gasteiger partial charge in [0.25, 0.3) is 0 Å². The smallest absolute Gasteiger partial charge is 0.248 e. The van der Waals surface area contributed by atoms with Crippen LogP contribution >= 0.6 is 0 Å². The summed E-state index contributed by atoms with van der Waals surface area (Å²) in [4.78, 5) is 29.5. The van der Waals surface area contributed by atoms with Crippen LogP contribution in [0.4, 0.5) is 0 Å². The van der Waals surface area contributed by atoms with Gasteiger partial charge in [0, 0.05) is 76.0 Å². The Balaban J connectivity index is 1.20. The molecule has 3 aromatic rings. The van der Waals surface area contributed by atoms with Crippen molar-refractivity contribution in [2.24, 2.45) is 4.99 Å². The maximum Gasteiger partial charge on any atom is 0.248 e. The molecule has 0 aliphatic carbocycles. The van der Waals surface area contributed by atoms with E-state index in [1.54, 1.807) is 7.11 Å². The molecular weight excluding hydrogens is 430 g/mol. The molecule has 1 amide bonds. The minimum absolute atomic E-state index is 0.0551. The Morgan fingerprint density at radius 2 is 1.91 bits per heavy atom. The number of allylic oxidation sites excluding steroid dienone is 1. The summed E-state index contributed by atoms with van der Waals surface area (Å²) in [5.41, 5.74) is 4.24. The van der Waals surface area contributed by atoms with Crippen molar-refractivity contribution in [3.8, 4) is 11.6 Å². The van der Waals surface area contributed by atoms with Crippen molar-refractivity contribution in [2.75, 3.05) is 46.4 Å². The molecule has 0 bridgehead atoms. The second-order valence-corrected chi connectivity index (χ2v) is 8.46. The number of nitrogens with zero attached hydrogens (tertiary/aromatic N) is 5. The SMILES string of the molecule is COCC(=O)N1CCN(Cc2cnc3cc(Oc4ccc(C5=CC=NC5)cn4)ccc3c2)CC1. The van der Waals surface area contributed by atoms with E-state index in [0.29, 0.717) is 18.2 Å². The number of rotatable bonds is 7. The van der Waals surface area contributed by atoms with Crippen LogP contribution in [0.5, 0.6) is 11.6 Å². The number of benzene rings is 1. The number of aliphatic imine (C=N–C) groups is 1. The lowest BCUT2D eigenvalue weighted by Gasteiger charge is -2.34. The van der Waals surface area contributed by atoms with E-state index < -0.39 is 0 Å². The second-order valence-electron chi connectivity index (χ2n) is 8.46. The molecule has 8 heteroatoms. The van der Waals surface area contributed by atoms with Gasteiger partial charge in [0.1, 0.15) is 12.4 Å². The molecule has 8 nitrogen and oxygen atoms in total. The van der Waals surface area contributed by atoms with Crippen molar-refractivity contribution in [1.29, 1.82) is 0 Å². The highest BCUT2D eigenvalue weighted by molar-refractivity contribution is 5.89. The lowest BCUT2D eigenvalue weighted by molar-refractivity contribution is -0.136. The van der Waals surface area contributed by atoms with Gasteiger partial charge in [-0.05, 0) is 47.0 Å². The summed E-state index contributed by atoms with van der Waals surface area (Å²) in [7, 11) is 1.55. The molecule has 174 valence electrons. The van der Waals surface area contributed by atoms with Gasteiger partial charge in [-0.15, -0.1) is 0 Å². The summed E-state index contributed by atoms with van der Waals surface area (Å²) in [5.74, 6) is 1.30. The summed E-state index contributed by atoms with van der Waals surface area (Å²) >= 11 is 0. The van der Waals surface area contributed by atoms with Gasteiger partial charge in [-0.1, -0.05) is 0 Å². The number of carbonyl (C=O) groups is 1. The van der Waals surface area contributed by atoms with Gasteiger partial charge in [0.2, 0.25) is 11.8 Å². The molecule has 2 aliphatic heterocycles. The van der Waals surface area contributed by atoms with Gasteiger partial charge >= 0.3 is 0 Å². The molecule has 5 rings (SSSR count). The van der Waals surface area contributed by atoms with Crippen molar-refractivity contribution in [3.63, 3.8) is 0 Å². The van der Waals surface area contributed by atoms with E-state index in [0.717, 1.165) is 60.3 Å². The first-order chi connectivity index (χ1) is 16.7. The van der Waals surface area contributed by atoms with Crippen LogP contribution in [0.3, 0.4) is 0 Å². The average Bonchev–Trinajstić information content (AvgIpc) is 3.40. The largest absolute Gasteiger partial charge is 0.439 e. The fourth-order valence-electron chi connectivity index (χ4n) is 4.21. The van der Waals surface area contributed by atoms with E-state index in [1.807, 2.05) is 59.9 Å². The van der Waals surface area contributed by atoms with Crippen LogP contribution in [0.2, 0.25) is 0 Å². The Labute approximate surface area is 198 Å². The highest BCUT2D eigenvalue weighted by Crippen LogP contribution is 2.26. The topological polar surface area (TPSA) is 80.2 Å². The van der Waals surface area contributed by atoms with E-state index in [-0.39, 0.29) is 12.5 Å². The maximum absolute atomic E-state index is 12.0. The van der Waals surface area contributed by atoms with Gasteiger partial charge < -0.3 is 14.4 Å². The van der Waals surface area contributed by atoms with Crippen molar-refractivity contribution >= 4 is 28.6 Å². The zero-order valence-corrected chi connectivity index (χ0v) is 19.2. The van der Waals surface area contributed by atoms with Crippen molar-refractivity contribution in [1.82, 2.24) is 19.8 Å². The number of ether oxygens (including phenoxy) is 2. The molecule has 0 atom stereocenters. The van der Waals surface area contributed by atoms with Crippen LogP contribution in [0, 0.1) is 0 Å². The quantitative estimate of drug-likeness (QED) is 0.542. The van der Waals surface area contributed by atoms with Gasteiger partial charge in [0.05, 0.1) is 12.1 Å². The number of fused-ring (bicyclic) bond motifs is 1. The van der Waals surface area contributed by atoms with Crippen LogP contribution in [-0.2, 0) is 16.1 Å². The van der Waals surface area contributed by atoms with Crippen molar-refractivity contribution in [2.45, 2.75) is 6.54 Å². The molecule has 1 fully saturated rings. The van der Waals surface area contributed by atoms with Gasteiger partial charge in [0.15, 0.2) is 0 Å². The van der Waals surface area contributed by atoms with Crippen LogP contribution in [-0.4, -0.2) is 78.3 Å². The van der Waals surface area contributed by atoms with E-state index >= 15 is 0 Å². The fraction of sp³-hybridized carbons (Fsp3) is 0.308. The third-order valence-corrected chi connectivity index (χ3v) is 6.08. The lowest BCUT2D eigenvalue weighted by Crippen LogP contribution is -2.49. The number of pyridine rings is 2. The first-order valence-electron chi connectivity index (χ1n) is 11.4. The second kappa shape index (κ2) is 10.1. The van der Waals surface area contributed by atoms with Gasteiger partial charge in [-0.3, -0.25) is 19.7 Å². The molecule has 34 heavy (non-hydrogen) atoms. The predicted molar refractivity (Wildman–Crippen MR) is 131 cm³/mol. The van der Waals surface area contributed by atoms with Crippen LogP contribution < -0.4 is 4.74 Å². The Morgan fingerprint density at radius 1 is 1.03 bits per heavy atom. The Bertz CT molecular complexity index is 1230. The normalized spacial score (nSPS) is 16.1. The number of hydrogen-bond donors (Lipinski definition) is 0. The van der Waals surface area contributed by atoms with E-state index in [1.165, 1.54) is 0 Å². The maximum atomic E-state index is 12.0. The summed E-state index contributed by atoms with van der Waals surface area (Å²) < 4.78 is 10.9. The van der Waals surface area contributed by atoms with Crippen molar-refractivity contribution in [3.05, 3.63) is 66.0 Å². The highest BCUT2D eigenvalue weighted by Gasteiger charge is 2.21. The number of methoxy groups -OCH3 is 1. The monoisotopic (exact) mass is 457 g/mol. The summed E-state index contributed by atoms with van der Waals surface area (Å²) in [6.07, 6.45) is 7.55. The molecule has 0 spiro atoms. The highest BCUT2D eigenvalue weighted by atomic mass is 16.5. The zero-order valence-electron chi connectivity index (χ0n) is 19.2. The average molecular weight is 458 g/mol. The predicted octanol–water partition coefficient (Wildman–Crippen LogP) is 3.18. The molecule has 1 aromatic carbocycles. The standard InChI is InChI=1S/C26H27N5O3/c1-33-18-26(32)31-10-8-30(9-11-31)17-19-12-20-2-4-23(13-24(20)28-14-19)34-25-5-3-21(16-29-25)22-6-7-27-15-22/h2-7,12-14,16H,8-11,15,17-18H2,1H3. The Morgan fingerprint density at radius 3 is 2.65 bits per heavy atom. The molecular formula is C26H27N5O3. The van der Waals surface area contributed by atoms with E-state index in [9.17, 15) is 4.79 Å². The Kier molecular flexibility index (Phi) is 6.60. The number of piperazine rings is 1. The van der Waals surface area contributed by atoms with E-state index in [4.69, 9.17) is 9.47 Å². The molecule has 2 aromatic heterocycles. The number of aromatic nitrogens is 2. The van der Waals surface area contributed by atoms with Crippen LogP contribution in [0.1, 0.15) is 11.1 Å².